The summed E-state index contributed by atoms with van der Waals surface area (Å²) in [6.07, 6.45) is 0. The molecule has 0 saturated carbocycles. The summed E-state index contributed by atoms with van der Waals surface area (Å²) in [5.74, 6) is -0.233. The number of hydrogen-bond donors (Lipinski definition) is 0. The Morgan fingerprint density at radius 1 is 0.381 bits per heavy atom. The Kier molecular flexibility index (Phi) is 5.00. The first kappa shape index (κ1) is 24.2. The number of fused-ring (bicyclic) bond motifs is 9. The van der Waals surface area contributed by atoms with E-state index in [4.69, 9.17) is 0 Å². The molecule has 0 atom stereocenters. The van der Waals surface area contributed by atoms with Gasteiger partial charge in [0.2, 0.25) is 0 Å². The summed E-state index contributed by atoms with van der Waals surface area (Å²) in [6.45, 7) is 0. The SMILES string of the molecule is Fc1c(-c2cc3cc4sc5c6cc7sc(-c8sc9ccccc9c8F)cc7cc6sc5c4cc3s2)sc2ccccc12. The molecule has 0 radical (unpaired) electrons. The molecular weight excluding hydrogens is 639 g/mol. The highest BCUT2D eigenvalue weighted by Crippen LogP contribution is 2.50. The lowest BCUT2D eigenvalue weighted by Crippen LogP contribution is -1.71. The van der Waals surface area contributed by atoms with E-state index in [1.807, 2.05) is 71.2 Å². The van der Waals surface area contributed by atoms with E-state index in [-0.39, 0.29) is 11.6 Å². The minimum atomic E-state index is -0.117. The first-order valence-electron chi connectivity index (χ1n) is 13.2. The maximum atomic E-state index is 15.3. The zero-order chi connectivity index (χ0) is 27.7. The largest absolute Gasteiger partial charge is 0.205 e. The van der Waals surface area contributed by atoms with Gasteiger partial charge in [-0.1, -0.05) is 36.4 Å². The van der Waals surface area contributed by atoms with Crippen LogP contribution in [0.4, 0.5) is 8.78 Å². The highest BCUT2D eigenvalue weighted by atomic mass is 32.1. The van der Waals surface area contributed by atoms with Gasteiger partial charge in [0.25, 0.3) is 0 Å². The molecular formula is C34H14F2S6. The van der Waals surface area contributed by atoms with Gasteiger partial charge in [-0.05, 0) is 59.3 Å². The van der Waals surface area contributed by atoms with Gasteiger partial charge >= 0.3 is 0 Å². The molecule has 0 aliphatic heterocycles. The van der Waals surface area contributed by atoms with Crippen LogP contribution in [0, 0.1) is 11.6 Å². The topological polar surface area (TPSA) is 0 Å². The number of benzene rings is 4. The molecule has 10 aromatic rings. The molecule has 0 unspecified atom stereocenters. The van der Waals surface area contributed by atoms with Gasteiger partial charge in [-0.15, -0.1) is 68.0 Å². The van der Waals surface area contributed by atoms with Crippen LogP contribution in [0.2, 0.25) is 0 Å². The Hall–Kier alpha value is -3.24. The first-order chi connectivity index (χ1) is 20.6. The molecule has 0 spiro atoms. The summed E-state index contributed by atoms with van der Waals surface area (Å²) in [5.41, 5.74) is 0. The molecule has 0 amide bonds. The Labute approximate surface area is 260 Å². The van der Waals surface area contributed by atoms with Crippen molar-refractivity contribution in [1.29, 1.82) is 0 Å². The third-order valence-corrected chi connectivity index (χ3v) is 15.2. The molecule has 42 heavy (non-hydrogen) atoms. The minimum absolute atomic E-state index is 0.117. The molecule has 10 rings (SSSR count). The molecule has 0 aliphatic rings. The van der Waals surface area contributed by atoms with Crippen LogP contribution in [-0.4, -0.2) is 0 Å². The molecule has 8 heteroatoms. The second-order valence-corrected chi connectivity index (χ2v) is 16.7. The Morgan fingerprint density at radius 2 is 0.833 bits per heavy atom. The van der Waals surface area contributed by atoms with Crippen molar-refractivity contribution in [1.82, 2.24) is 0 Å². The molecule has 0 nitrogen and oxygen atoms in total. The molecule has 6 aromatic heterocycles. The lowest BCUT2D eigenvalue weighted by Gasteiger charge is -1.93. The van der Waals surface area contributed by atoms with E-state index in [2.05, 4.69) is 36.4 Å². The predicted octanol–water partition coefficient (Wildman–Crippen LogP) is 13.7. The van der Waals surface area contributed by atoms with Crippen molar-refractivity contribution in [2.45, 2.75) is 0 Å². The average molecular weight is 653 g/mol. The quantitative estimate of drug-likeness (QED) is 0.174. The van der Waals surface area contributed by atoms with Crippen LogP contribution in [0.15, 0.2) is 84.9 Å². The maximum Gasteiger partial charge on any atom is 0.150 e. The van der Waals surface area contributed by atoms with Crippen molar-refractivity contribution in [2.75, 3.05) is 0 Å². The third-order valence-electron chi connectivity index (χ3n) is 7.87. The fraction of sp³-hybridized carbons (Fsp3) is 0. The number of thiophene rings is 6. The van der Waals surface area contributed by atoms with Gasteiger partial charge in [0.1, 0.15) is 11.6 Å². The molecule has 0 saturated heterocycles. The lowest BCUT2D eigenvalue weighted by molar-refractivity contribution is 0.647. The molecule has 4 aromatic carbocycles. The van der Waals surface area contributed by atoms with Gasteiger partial charge < -0.3 is 0 Å². The number of hydrogen-bond acceptors (Lipinski definition) is 6. The average Bonchev–Trinajstić information content (AvgIpc) is 3.83. The smallest absolute Gasteiger partial charge is 0.150 e. The van der Waals surface area contributed by atoms with Crippen LogP contribution in [0.5, 0.6) is 0 Å². The fourth-order valence-corrected chi connectivity index (χ4v) is 13.1. The monoisotopic (exact) mass is 652 g/mol. The van der Waals surface area contributed by atoms with Gasteiger partial charge in [-0.3, -0.25) is 0 Å². The zero-order valence-electron chi connectivity index (χ0n) is 21.3. The Balaban J connectivity index is 1.12. The van der Waals surface area contributed by atoms with Crippen LogP contribution in [0.3, 0.4) is 0 Å². The van der Waals surface area contributed by atoms with E-state index in [9.17, 15) is 0 Å². The highest BCUT2D eigenvalue weighted by molar-refractivity contribution is 7.37. The number of rotatable bonds is 2. The van der Waals surface area contributed by atoms with Crippen molar-refractivity contribution < 1.29 is 8.78 Å². The number of halogens is 2. The maximum absolute atomic E-state index is 15.3. The van der Waals surface area contributed by atoms with Crippen molar-refractivity contribution >= 4 is 138 Å². The van der Waals surface area contributed by atoms with Gasteiger partial charge in [0.05, 0.1) is 19.2 Å². The Bertz CT molecular complexity index is 2530. The highest BCUT2D eigenvalue weighted by Gasteiger charge is 2.20. The van der Waals surface area contributed by atoms with Crippen molar-refractivity contribution in [3.63, 3.8) is 0 Å². The van der Waals surface area contributed by atoms with Crippen LogP contribution in [0.25, 0.3) is 89.4 Å². The van der Waals surface area contributed by atoms with Crippen LogP contribution < -0.4 is 0 Å². The molecule has 0 fully saturated rings. The van der Waals surface area contributed by atoms with Gasteiger partial charge in [0, 0.05) is 59.5 Å². The van der Waals surface area contributed by atoms with Gasteiger partial charge in [-0.2, -0.15) is 0 Å². The standard InChI is InChI=1S/C34H14F2S6/c35-29-17-5-1-3-7-21(17)39-33(29)27-11-15-9-25-19(13-23(15)37-27)31-32(41-25)20-14-24-16(10-26(20)42-31)12-28(38-24)34-30(36)18-6-2-4-8-22(18)40-34/h1-14H. The second-order valence-electron chi connectivity index (χ2n) is 10.3. The molecule has 0 aliphatic carbocycles. The fourth-order valence-electron chi connectivity index (χ4n) is 5.89. The van der Waals surface area contributed by atoms with Crippen molar-refractivity contribution in [3.8, 4) is 19.5 Å². The summed E-state index contributed by atoms with van der Waals surface area (Å²) in [7, 11) is 0. The Morgan fingerprint density at radius 3 is 1.29 bits per heavy atom. The zero-order valence-corrected chi connectivity index (χ0v) is 26.2. The normalized spacial score (nSPS) is 12.5. The second kappa shape index (κ2) is 8.66. The predicted molar refractivity (Wildman–Crippen MR) is 187 cm³/mol. The molecule has 0 bridgehead atoms. The summed E-state index contributed by atoms with van der Waals surface area (Å²) >= 11 is 10.1. The summed E-state index contributed by atoms with van der Waals surface area (Å²) in [5, 5.41) is 6.25. The summed E-state index contributed by atoms with van der Waals surface area (Å²) in [6, 6.07) is 28.8. The molecule has 6 heterocycles. The van der Waals surface area contributed by atoms with Crippen LogP contribution in [0.1, 0.15) is 0 Å². The van der Waals surface area contributed by atoms with Crippen molar-refractivity contribution in [3.05, 3.63) is 96.6 Å². The van der Waals surface area contributed by atoms with Gasteiger partial charge in [0.15, 0.2) is 0 Å². The first-order valence-corrected chi connectivity index (χ1v) is 18.1. The van der Waals surface area contributed by atoms with E-state index >= 15 is 8.78 Å². The molecule has 200 valence electrons. The van der Waals surface area contributed by atoms with Gasteiger partial charge in [-0.25, -0.2) is 8.78 Å². The summed E-state index contributed by atoms with van der Waals surface area (Å²) < 4.78 is 40.0. The van der Waals surface area contributed by atoms with Crippen LogP contribution >= 0.6 is 68.0 Å². The van der Waals surface area contributed by atoms with E-state index in [0.29, 0.717) is 10.8 Å². The van der Waals surface area contributed by atoms with E-state index in [1.165, 1.54) is 61.6 Å². The van der Waals surface area contributed by atoms with E-state index in [0.717, 1.165) is 39.7 Å². The van der Waals surface area contributed by atoms with Crippen molar-refractivity contribution in [2.24, 2.45) is 0 Å². The van der Waals surface area contributed by atoms with E-state index < -0.39 is 0 Å². The lowest BCUT2D eigenvalue weighted by atomic mass is 10.1. The minimum Gasteiger partial charge on any atom is -0.205 e. The molecule has 0 N–H and O–H groups in total. The van der Waals surface area contributed by atoms with Crippen LogP contribution in [-0.2, 0) is 0 Å². The van der Waals surface area contributed by atoms with E-state index in [1.54, 1.807) is 22.7 Å². The third kappa shape index (κ3) is 3.33. The summed E-state index contributed by atoms with van der Waals surface area (Å²) in [4.78, 5) is 3.42.